The maximum Gasteiger partial charge on any atom is 0.340 e. The molecule has 0 saturated heterocycles. The first-order chi connectivity index (χ1) is 7.83. The Kier molecular flexibility index (Phi) is 5.97. The van der Waals surface area contributed by atoms with Gasteiger partial charge in [-0.3, -0.25) is 9.59 Å². The topological polar surface area (TPSA) is 99.1 Å². The van der Waals surface area contributed by atoms with E-state index in [4.69, 9.17) is 0 Å². The first kappa shape index (κ1) is 15.7. The Morgan fingerprint density at radius 2 is 1.71 bits per heavy atom. The van der Waals surface area contributed by atoms with Gasteiger partial charge in [0.2, 0.25) is 0 Å². The summed E-state index contributed by atoms with van der Waals surface area (Å²) in [5.74, 6) is -3.03. The lowest BCUT2D eigenvalue weighted by atomic mass is 9.95. The first-order valence-electron chi connectivity index (χ1n) is 4.47. The van der Waals surface area contributed by atoms with E-state index in [0.717, 1.165) is 21.3 Å². The number of carbonyl (C=O) groups is 3. The van der Waals surface area contributed by atoms with E-state index in [9.17, 15) is 19.5 Å². The molecule has 0 amide bonds. The number of aliphatic hydroxyl groups is 1. The van der Waals surface area contributed by atoms with Crippen LogP contribution in [0.15, 0.2) is 0 Å². The molecule has 0 aromatic heterocycles. The molecule has 7 nitrogen and oxygen atoms in total. The van der Waals surface area contributed by atoms with Gasteiger partial charge in [-0.2, -0.15) is 12.6 Å². The van der Waals surface area contributed by atoms with Crippen molar-refractivity contribution in [3.63, 3.8) is 0 Å². The fourth-order valence-electron chi connectivity index (χ4n) is 1.06. The molecule has 0 heterocycles. The standard InChI is InChI=1S/C9H14O7S/c1-14-5(10)4-9(13,8(12)16-3)6(17)7(11)15-2/h6,13,17H,4H2,1-3H3/t6-,9+/m1/s1. The molecule has 0 rings (SSSR count). The highest BCUT2D eigenvalue weighted by Gasteiger charge is 2.49. The van der Waals surface area contributed by atoms with Crippen LogP contribution in [0.1, 0.15) is 6.42 Å². The van der Waals surface area contributed by atoms with Gasteiger partial charge in [0.25, 0.3) is 0 Å². The van der Waals surface area contributed by atoms with E-state index in [-0.39, 0.29) is 0 Å². The molecule has 0 aliphatic carbocycles. The van der Waals surface area contributed by atoms with E-state index in [0.29, 0.717) is 0 Å². The number of ether oxygens (including phenoxy) is 3. The van der Waals surface area contributed by atoms with Crippen LogP contribution in [0.3, 0.4) is 0 Å². The highest BCUT2D eigenvalue weighted by Crippen LogP contribution is 2.24. The van der Waals surface area contributed by atoms with Crippen molar-refractivity contribution in [1.82, 2.24) is 0 Å². The molecule has 2 atom stereocenters. The number of hydrogen-bond acceptors (Lipinski definition) is 8. The molecule has 0 aromatic carbocycles. The van der Waals surface area contributed by atoms with Gasteiger partial charge < -0.3 is 19.3 Å². The van der Waals surface area contributed by atoms with Gasteiger partial charge in [0.1, 0.15) is 5.25 Å². The predicted molar refractivity (Wildman–Crippen MR) is 58.4 cm³/mol. The lowest BCUT2D eigenvalue weighted by Gasteiger charge is -2.27. The number of rotatable bonds is 5. The second kappa shape index (κ2) is 6.45. The van der Waals surface area contributed by atoms with Crippen LogP contribution in [0, 0.1) is 0 Å². The fourth-order valence-corrected chi connectivity index (χ4v) is 1.36. The quantitative estimate of drug-likeness (QED) is 0.371. The minimum atomic E-state index is -2.43. The minimum Gasteiger partial charge on any atom is -0.469 e. The summed E-state index contributed by atoms with van der Waals surface area (Å²) in [5.41, 5.74) is -2.43. The van der Waals surface area contributed by atoms with Gasteiger partial charge in [0.15, 0.2) is 5.60 Å². The highest BCUT2D eigenvalue weighted by molar-refractivity contribution is 7.82. The highest BCUT2D eigenvalue weighted by atomic mass is 32.1. The monoisotopic (exact) mass is 266 g/mol. The van der Waals surface area contributed by atoms with Crippen LogP contribution >= 0.6 is 12.6 Å². The largest absolute Gasteiger partial charge is 0.469 e. The SMILES string of the molecule is COC(=O)C[C@@](O)(C(=O)OC)[C@H](S)C(=O)OC. The second-order valence-electron chi connectivity index (χ2n) is 3.09. The Morgan fingerprint density at radius 1 is 1.18 bits per heavy atom. The van der Waals surface area contributed by atoms with Gasteiger partial charge in [-0.15, -0.1) is 0 Å². The lowest BCUT2D eigenvalue weighted by Crippen LogP contribution is -2.53. The van der Waals surface area contributed by atoms with Gasteiger partial charge in [-0.25, -0.2) is 4.79 Å². The van der Waals surface area contributed by atoms with E-state index < -0.39 is 35.2 Å². The third kappa shape index (κ3) is 3.60. The number of carbonyl (C=O) groups excluding carboxylic acids is 3. The Balaban J connectivity index is 5.16. The van der Waals surface area contributed by atoms with Crippen LogP contribution in [-0.4, -0.2) is 55.2 Å². The van der Waals surface area contributed by atoms with Gasteiger partial charge in [-0.05, 0) is 0 Å². The molecule has 0 bridgehead atoms. The van der Waals surface area contributed by atoms with Gasteiger partial charge >= 0.3 is 17.9 Å². The number of methoxy groups -OCH3 is 3. The zero-order valence-electron chi connectivity index (χ0n) is 9.63. The minimum absolute atomic E-state index is 0.764. The normalized spacial score (nSPS) is 15.4. The molecular formula is C9H14O7S. The van der Waals surface area contributed by atoms with E-state index in [1.54, 1.807) is 0 Å². The van der Waals surface area contributed by atoms with Crippen LogP contribution in [-0.2, 0) is 28.6 Å². The molecule has 0 unspecified atom stereocenters. The molecule has 0 aliphatic heterocycles. The fraction of sp³-hybridized carbons (Fsp3) is 0.667. The summed E-state index contributed by atoms with van der Waals surface area (Å²) in [6.07, 6.45) is -0.764. The number of hydrogen-bond donors (Lipinski definition) is 2. The average Bonchev–Trinajstić information content (AvgIpc) is 2.35. The van der Waals surface area contributed by atoms with E-state index in [1.807, 2.05) is 0 Å². The Hall–Kier alpha value is -1.28. The van der Waals surface area contributed by atoms with Crippen molar-refractivity contribution in [2.24, 2.45) is 0 Å². The van der Waals surface area contributed by atoms with Crippen LogP contribution in [0.25, 0.3) is 0 Å². The summed E-state index contributed by atoms with van der Waals surface area (Å²) in [4.78, 5) is 33.7. The van der Waals surface area contributed by atoms with Crippen molar-refractivity contribution in [3.05, 3.63) is 0 Å². The molecule has 0 aliphatic rings. The van der Waals surface area contributed by atoms with Crippen molar-refractivity contribution >= 4 is 30.5 Å². The summed E-state index contributed by atoms with van der Waals surface area (Å²) in [5, 5.41) is 8.44. The Labute approximate surface area is 103 Å². The van der Waals surface area contributed by atoms with E-state index in [1.165, 1.54) is 0 Å². The third-order valence-corrected chi connectivity index (χ3v) is 2.70. The van der Waals surface area contributed by atoms with Crippen molar-refractivity contribution in [3.8, 4) is 0 Å². The maximum atomic E-state index is 11.4. The van der Waals surface area contributed by atoms with Crippen molar-refractivity contribution < 1.29 is 33.7 Å². The molecular weight excluding hydrogens is 252 g/mol. The van der Waals surface area contributed by atoms with Crippen LogP contribution in [0.4, 0.5) is 0 Å². The first-order valence-corrected chi connectivity index (χ1v) is 4.98. The average molecular weight is 266 g/mol. The summed E-state index contributed by atoms with van der Waals surface area (Å²) < 4.78 is 13.0. The molecule has 8 heteroatoms. The molecule has 1 N–H and O–H groups in total. The smallest absolute Gasteiger partial charge is 0.340 e. The Bertz CT molecular complexity index is 316. The van der Waals surface area contributed by atoms with Gasteiger partial charge in [0.05, 0.1) is 27.8 Å². The Morgan fingerprint density at radius 3 is 2.06 bits per heavy atom. The van der Waals surface area contributed by atoms with Crippen molar-refractivity contribution in [2.75, 3.05) is 21.3 Å². The van der Waals surface area contributed by atoms with Crippen LogP contribution in [0.5, 0.6) is 0 Å². The zero-order chi connectivity index (χ0) is 13.6. The zero-order valence-corrected chi connectivity index (χ0v) is 10.5. The summed E-state index contributed by atoms with van der Waals surface area (Å²) in [7, 11) is 3.13. The molecule has 0 radical (unpaired) electrons. The summed E-state index contributed by atoms with van der Waals surface area (Å²) in [6.45, 7) is 0. The number of thiol groups is 1. The molecule has 0 fully saturated rings. The maximum absolute atomic E-state index is 11.4. The van der Waals surface area contributed by atoms with E-state index in [2.05, 4.69) is 26.8 Å². The molecule has 98 valence electrons. The second-order valence-corrected chi connectivity index (χ2v) is 3.61. The molecule has 0 aromatic rings. The van der Waals surface area contributed by atoms with Crippen molar-refractivity contribution in [2.45, 2.75) is 17.3 Å². The molecule has 0 spiro atoms. The van der Waals surface area contributed by atoms with Crippen LogP contribution in [0.2, 0.25) is 0 Å². The lowest BCUT2D eigenvalue weighted by molar-refractivity contribution is -0.173. The number of esters is 3. The van der Waals surface area contributed by atoms with Gasteiger partial charge in [0, 0.05) is 0 Å². The predicted octanol–water partition coefficient (Wildman–Crippen LogP) is -1.08. The van der Waals surface area contributed by atoms with Crippen molar-refractivity contribution in [1.29, 1.82) is 0 Å². The van der Waals surface area contributed by atoms with Gasteiger partial charge in [-0.1, -0.05) is 0 Å². The third-order valence-electron chi connectivity index (χ3n) is 2.06. The molecule has 0 saturated carbocycles. The summed E-state index contributed by atoms with van der Waals surface area (Å²) in [6, 6.07) is 0. The van der Waals surface area contributed by atoms with Crippen LogP contribution < -0.4 is 0 Å². The summed E-state index contributed by atoms with van der Waals surface area (Å²) >= 11 is 3.76. The van der Waals surface area contributed by atoms with E-state index >= 15 is 0 Å². The molecule has 17 heavy (non-hydrogen) atoms.